The summed E-state index contributed by atoms with van der Waals surface area (Å²) < 4.78 is 5.36. The van der Waals surface area contributed by atoms with Crippen molar-refractivity contribution in [3.8, 4) is 0 Å². The molecule has 2 heterocycles. The van der Waals surface area contributed by atoms with Gasteiger partial charge in [0.1, 0.15) is 0 Å². The van der Waals surface area contributed by atoms with Crippen LogP contribution in [0.5, 0.6) is 0 Å². The van der Waals surface area contributed by atoms with Crippen molar-refractivity contribution in [1.29, 1.82) is 0 Å². The molecular formula is C14H19N3O2. The predicted octanol–water partition coefficient (Wildman–Crippen LogP) is 0.417. The second-order valence-corrected chi connectivity index (χ2v) is 5.42. The molecule has 0 aliphatic carbocycles. The molecule has 0 radical (unpaired) electrons. The van der Waals surface area contributed by atoms with Gasteiger partial charge in [0.2, 0.25) is 5.91 Å². The topological polar surface area (TPSA) is 76.4 Å². The van der Waals surface area contributed by atoms with E-state index < -0.39 is 0 Å². The Morgan fingerprint density at radius 1 is 1.53 bits per heavy atom. The van der Waals surface area contributed by atoms with Crippen molar-refractivity contribution in [3.63, 3.8) is 0 Å². The van der Waals surface area contributed by atoms with Crippen molar-refractivity contribution in [2.45, 2.75) is 12.5 Å². The van der Waals surface area contributed by atoms with E-state index >= 15 is 0 Å². The van der Waals surface area contributed by atoms with Crippen LogP contribution in [0, 0.1) is 5.41 Å². The molecule has 0 saturated carbocycles. The first-order chi connectivity index (χ1) is 9.18. The Morgan fingerprint density at radius 2 is 2.32 bits per heavy atom. The average molecular weight is 261 g/mol. The molecule has 1 aromatic carbocycles. The molecule has 5 heteroatoms. The molecule has 1 amide bonds. The zero-order chi connectivity index (χ0) is 13.5. The van der Waals surface area contributed by atoms with E-state index in [-0.39, 0.29) is 17.4 Å². The first kappa shape index (κ1) is 12.6. The van der Waals surface area contributed by atoms with Gasteiger partial charge in [-0.1, -0.05) is 12.1 Å². The van der Waals surface area contributed by atoms with Gasteiger partial charge in [0.15, 0.2) is 0 Å². The van der Waals surface area contributed by atoms with Crippen molar-refractivity contribution < 1.29 is 9.53 Å². The first-order valence-electron chi connectivity index (χ1n) is 6.56. The lowest BCUT2D eigenvalue weighted by Crippen LogP contribution is -2.55. The van der Waals surface area contributed by atoms with Gasteiger partial charge in [-0.3, -0.25) is 4.79 Å². The highest BCUT2D eigenvalue weighted by atomic mass is 16.5. The molecule has 5 nitrogen and oxygen atoms in total. The molecule has 102 valence electrons. The molecule has 19 heavy (non-hydrogen) atoms. The standard InChI is InChI=1S/C14H19N3O2/c1-16-13(14(6-15)7-19-8-14)9-2-3-11-10(4-9)5-12(18)17-11/h2-4,13,16H,5-8,15H2,1H3,(H,17,18). The summed E-state index contributed by atoms with van der Waals surface area (Å²) in [6, 6.07) is 6.29. The fraction of sp³-hybridized carbons (Fsp3) is 0.500. The Bertz CT molecular complexity index is 506. The molecule has 0 aromatic heterocycles. The second kappa shape index (κ2) is 4.59. The minimum absolute atomic E-state index is 0.0287. The summed E-state index contributed by atoms with van der Waals surface area (Å²) in [5.74, 6) is 0.0636. The van der Waals surface area contributed by atoms with Crippen LogP contribution in [-0.2, 0) is 16.0 Å². The molecule has 1 atom stereocenters. The van der Waals surface area contributed by atoms with Crippen LogP contribution >= 0.6 is 0 Å². The normalized spacial score (nSPS) is 21.5. The van der Waals surface area contributed by atoms with Crippen LogP contribution in [0.3, 0.4) is 0 Å². The maximum atomic E-state index is 11.4. The van der Waals surface area contributed by atoms with Crippen molar-refractivity contribution >= 4 is 11.6 Å². The van der Waals surface area contributed by atoms with Crippen molar-refractivity contribution in [2.75, 3.05) is 32.1 Å². The molecule has 2 aliphatic rings. The number of fused-ring (bicyclic) bond motifs is 1. The number of hydrogen-bond acceptors (Lipinski definition) is 4. The van der Waals surface area contributed by atoms with Gasteiger partial charge in [0, 0.05) is 23.7 Å². The van der Waals surface area contributed by atoms with Crippen LogP contribution in [0.1, 0.15) is 17.2 Å². The number of rotatable bonds is 4. The third-order valence-electron chi connectivity index (χ3n) is 4.17. The second-order valence-electron chi connectivity index (χ2n) is 5.42. The van der Waals surface area contributed by atoms with E-state index in [1.807, 2.05) is 13.1 Å². The lowest BCUT2D eigenvalue weighted by atomic mass is 9.75. The Kier molecular flexibility index (Phi) is 3.05. The molecule has 3 rings (SSSR count). The number of benzene rings is 1. The van der Waals surface area contributed by atoms with E-state index in [1.165, 1.54) is 5.56 Å². The van der Waals surface area contributed by atoms with E-state index in [9.17, 15) is 4.79 Å². The molecule has 1 aromatic rings. The van der Waals surface area contributed by atoms with Crippen LogP contribution < -0.4 is 16.4 Å². The van der Waals surface area contributed by atoms with Gasteiger partial charge < -0.3 is 21.1 Å². The molecule has 1 unspecified atom stereocenters. The van der Waals surface area contributed by atoms with Gasteiger partial charge in [-0.25, -0.2) is 0 Å². The van der Waals surface area contributed by atoms with Gasteiger partial charge in [-0.2, -0.15) is 0 Å². The van der Waals surface area contributed by atoms with Gasteiger partial charge in [0.25, 0.3) is 0 Å². The third-order valence-corrected chi connectivity index (χ3v) is 4.17. The van der Waals surface area contributed by atoms with Gasteiger partial charge in [0.05, 0.1) is 19.6 Å². The smallest absolute Gasteiger partial charge is 0.228 e. The summed E-state index contributed by atoms with van der Waals surface area (Å²) in [5, 5.41) is 6.20. The SMILES string of the molecule is CNC(c1ccc2c(c1)CC(=O)N2)C1(CN)COC1. The Hall–Kier alpha value is -1.43. The Balaban J connectivity index is 1.92. The molecular weight excluding hydrogens is 242 g/mol. The first-order valence-corrected chi connectivity index (χ1v) is 6.56. The summed E-state index contributed by atoms with van der Waals surface area (Å²) in [7, 11) is 1.94. The average Bonchev–Trinajstić information content (AvgIpc) is 2.72. The number of carbonyl (C=O) groups excluding carboxylic acids is 1. The highest BCUT2D eigenvalue weighted by Gasteiger charge is 2.44. The van der Waals surface area contributed by atoms with Crippen molar-refractivity contribution in [2.24, 2.45) is 11.1 Å². The Labute approximate surface area is 112 Å². The molecule has 0 spiro atoms. The number of nitrogens with two attached hydrogens (primary N) is 1. The summed E-state index contributed by atoms with van der Waals surface area (Å²) in [4.78, 5) is 11.4. The lowest BCUT2D eigenvalue weighted by Gasteiger charge is -2.46. The number of nitrogens with one attached hydrogen (secondary N) is 2. The van der Waals surface area contributed by atoms with Gasteiger partial charge in [-0.15, -0.1) is 0 Å². The zero-order valence-electron chi connectivity index (χ0n) is 11.0. The molecule has 4 N–H and O–H groups in total. The van der Waals surface area contributed by atoms with Gasteiger partial charge >= 0.3 is 0 Å². The third kappa shape index (κ3) is 1.94. The monoisotopic (exact) mass is 261 g/mol. The summed E-state index contributed by atoms with van der Waals surface area (Å²) in [6.45, 7) is 1.96. The molecule has 1 fully saturated rings. The zero-order valence-corrected chi connectivity index (χ0v) is 11.0. The number of anilines is 1. The minimum atomic E-state index is -0.0287. The highest BCUT2D eigenvalue weighted by molar-refractivity contribution is 5.99. The van der Waals surface area contributed by atoms with E-state index in [4.69, 9.17) is 10.5 Å². The maximum absolute atomic E-state index is 11.4. The highest BCUT2D eigenvalue weighted by Crippen LogP contribution is 2.40. The summed E-state index contributed by atoms with van der Waals surface area (Å²) in [6.07, 6.45) is 0.464. The fourth-order valence-corrected chi connectivity index (χ4v) is 3.02. The van der Waals surface area contributed by atoms with E-state index in [1.54, 1.807) is 0 Å². The van der Waals surface area contributed by atoms with E-state index in [0.29, 0.717) is 26.2 Å². The molecule has 2 aliphatic heterocycles. The number of carbonyl (C=O) groups is 1. The number of hydrogen-bond donors (Lipinski definition) is 3. The van der Waals surface area contributed by atoms with Crippen LogP contribution in [0.25, 0.3) is 0 Å². The van der Waals surface area contributed by atoms with Crippen LogP contribution in [-0.4, -0.2) is 32.7 Å². The van der Waals surface area contributed by atoms with Crippen molar-refractivity contribution in [3.05, 3.63) is 29.3 Å². The molecule has 1 saturated heterocycles. The van der Waals surface area contributed by atoms with Crippen LogP contribution in [0.15, 0.2) is 18.2 Å². The van der Waals surface area contributed by atoms with Crippen LogP contribution in [0.4, 0.5) is 5.69 Å². The van der Waals surface area contributed by atoms with Crippen LogP contribution in [0.2, 0.25) is 0 Å². The quantitative estimate of drug-likeness (QED) is 0.734. The number of amides is 1. The molecule has 0 bridgehead atoms. The summed E-state index contributed by atoms with van der Waals surface area (Å²) >= 11 is 0. The number of ether oxygens (including phenoxy) is 1. The van der Waals surface area contributed by atoms with E-state index in [0.717, 1.165) is 11.3 Å². The Morgan fingerprint density at radius 3 is 2.89 bits per heavy atom. The summed E-state index contributed by atoms with van der Waals surface area (Å²) in [5.41, 5.74) is 9.07. The predicted molar refractivity (Wildman–Crippen MR) is 72.9 cm³/mol. The lowest BCUT2D eigenvalue weighted by molar-refractivity contribution is -0.126. The van der Waals surface area contributed by atoms with Crippen molar-refractivity contribution in [1.82, 2.24) is 5.32 Å². The fourth-order valence-electron chi connectivity index (χ4n) is 3.02. The van der Waals surface area contributed by atoms with Gasteiger partial charge in [-0.05, 0) is 24.2 Å². The largest absolute Gasteiger partial charge is 0.380 e. The van der Waals surface area contributed by atoms with E-state index in [2.05, 4.69) is 22.8 Å². The maximum Gasteiger partial charge on any atom is 0.228 e. The minimum Gasteiger partial charge on any atom is -0.380 e.